The van der Waals surface area contributed by atoms with Crippen molar-refractivity contribution in [3.05, 3.63) is 0 Å². The lowest BCUT2D eigenvalue weighted by molar-refractivity contribution is 0.0369. The average molecular weight is 227 g/mol. The highest BCUT2D eigenvalue weighted by atomic mass is 35.7. The van der Waals surface area contributed by atoms with Crippen LogP contribution in [0.2, 0.25) is 6.04 Å². The van der Waals surface area contributed by atoms with E-state index in [1.54, 1.807) is 0 Å². The van der Waals surface area contributed by atoms with E-state index < -0.39 is 7.42 Å². The Bertz CT molecular complexity index is 116. The zero-order valence-electron chi connectivity index (χ0n) is 7.27. The summed E-state index contributed by atoms with van der Waals surface area (Å²) in [6, 6.07) is 0.889. The van der Waals surface area contributed by atoms with E-state index in [9.17, 15) is 0 Å². The number of hydrogen-bond acceptors (Lipinski definition) is 1. The zero-order valence-corrected chi connectivity index (χ0v) is 9.94. The summed E-state index contributed by atoms with van der Waals surface area (Å²) in [5.74, 6) is 0. The minimum atomic E-state index is -1.42. The van der Waals surface area contributed by atoms with E-state index in [0.29, 0.717) is 6.10 Å². The monoisotopic (exact) mass is 226 g/mol. The van der Waals surface area contributed by atoms with Crippen LogP contribution in [0.1, 0.15) is 32.1 Å². The fourth-order valence-electron chi connectivity index (χ4n) is 1.56. The van der Waals surface area contributed by atoms with Gasteiger partial charge in [-0.15, -0.1) is 0 Å². The maximum absolute atomic E-state index is 5.72. The van der Waals surface area contributed by atoms with Crippen molar-refractivity contribution in [2.75, 3.05) is 6.61 Å². The molecule has 12 heavy (non-hydrogen) atoms. The standard InChI is InChI=1S/C8H16Cl2OSi/c9-12(10)7-6-11-8-4-2-1-3-5-8/h8,12H,1-7H2. The molecule has 0 bridgehead atoms. The summed E-state index contributed by atoms with van der Waals surface area (Å²) >= 11 is 11.4. The summed E-state index contributed by atoms with van der Waals surface area (Å²) in [7, 11) is -1.42. The van der Waals surface area contributed by atoms with Crippen molar-refractivity contribution in [3.8, 4) is 0 Å². The lowest BCUT2D eigenvalue weighted by atomic mass is 9.98. The molecular weight excluding hydrogens is 211 g/mol. The zero-order chi connectivity index (χ0) is 8.81. The molecule has 0 spiro atoms. The van der Waals surface area contributed by atoms with Crippen LogP contribution in [0.4, 0.5) is 0 Å². The molecule has 0 atom stereocenters. The normalized spacial score (nSPS) is 20.2. The van der Waals surface area contributed by atoms with Gasteiger partial charge in [0.25, 0.3) is 0 Å². The fraction of sp³-hybridized carbons (Fsp3) is 1.00. The van der Waals surface area contributed by atoms with Crippen LogP contribution in [-0.2, 0) is 4.74 Å². The van der Waals surface area contributed by atoms with Crippen molar-refractivity contribution >= 4 is 29.6 Å². The molecule has 0 heterocycles. The summed E-state index contributed by atoms with van der Waals surface area (Å²) in [6.45, 7) is 0.772. The van der Waals surface area contributed by atoms with Crippen molar-refractivity contribution < 1.29 is 4.74 Å². The molecule has 0 aliphatic heterocycles. The number of hydrogen-bond donors (Lipinski definition) is 0. The highest BCUT2D eigenvalue weighted by Gasteiger charge is 2.13. The highest BCUT2D eigenvalue weighted by molar-refractivity contribution is 7.33. The molecule has 4 heteroatoms. The van der Waals surface area contributed by atoms with E-state index in [1.165, 1.54) is 32.1 Å². The molecule has 1 rings (SSSR count). The van der Waals surface area contributed by atoms with Gasteiger partial charge in [-0.2, -0.15) is 22.2 Å². The molecule has 1 fully saturated rings. The van der Waals surface area contributed by atoms with Gasteiger partial charge < -0.3 is 4.74 Å². The second kappa shape index (κ2) is 6.25. The third kappa shape index (κ3) is 4.70. The van der Waals surface area contributed by atoms with Crippen molar-refractivity contribution in [2.24, 2.45) is 0 Å². The van der Waals surface area contributed by atoms with E-state index in [4.69, 9.17) is 26.9 Å². The van der Waals surface area contributed by atoms with Gasteiger partial charge in [-0.25, -0.2) is 0 Å². The number of rotatable bonds is 4. The van der Waals surface area contributed by atoms with Crippen LogP contribution in [0.3, 0.4) is 0 Å². The summed E-state index contributed by atoms with van der Waals surface area (Å²) in [5, 5.41) is 0. The molecule has 1 aliphatic rings. The Morgan fingerprint density at radius 2 is 1.83 bits per heavy atom. The van der Waals surface area contributed by atoms with Crippen LogP contribution in [0.5, 0.6) is 0 Å². The Hall–Kier alpha value is 0.757. The van der Waals surface area contributed by atoms with Crippen LogP contribution in [0.25, 0.3) is 0 Å². The molecule has 0 amide bonds. The molecular formula is C8H16Cl2OSi. The SMILES string of the molecule is Cl[SiH](Cl)CCOC1CCCCC1. The van der Waals surface area contributed by atoms with E-state index >= 15 is 0 Å². The van der Waals surface area contributed by atoms with Crippen LogP contribution >= 0.6 is 22.2 Å². The van der Waals surface area contributed by atoms with Gasteiger partial charge in [-0.3, -0.25) is 0 Å². The maximum Gasteiger partial charge on any atom is 0.239 e. The second-order valence-electron chi connectivity index (χ2n) is 3.31. The van der Waals surface area contributed by atoms with E-state index in [0.717, 1.165) is 12.7 Å². The molecule has 0 radical (unpaired) electrons. The Morgan fingerprint density at radius 1 is 1.17 bits per heavy atom. The van der Waals surface area contributed by atoms with Crippen LogP contribution < -0.4 is 0 Å². The summed E-state index contributed by atoms with van der Waals surface area (Å²) in [5.41, 5.74) is 0. The molecule has 72 valence electrons. The summed E-state index contributed by atoms with van der Waals surface area (Å²) in [4.78, 5) is 0. The molecule has 0 aromatic carbocycles. The van der Waals surface area contributed by atoms with Crippen molar-refractivity contribution in [3.63, 3.8) is 0 Å². The molecule has 0 unspecified atom stereocenters. The van der Waals surface area contributed by atoms with Crippen LogP contribution in [-0.4, -0.2) is 20.1 Å². The molecule has 1 aliphatic carbocycles. The van der Waals surface area contributed by atoms with Gasteiger partial charge in [0.05, 0.1) is 6.10 Å². The van der Waals surface area contributed by atoms with Gasteiger partial charge in [-0.05, 0) is 18.9 Å². The Balaban J connectivity index is 1.98. The van der Waals surface area contributed by atoms with E-state index in [1.807, 2.05) is 0 Å². The van der Waals surface area contributed by atoms with Gasteiger partial charge >= 0.3 is 0 Å². The van der Waals surface area contributed by atoms with Gasteiger partial charge in [0.2, 0.25) is 7.42 Å². The predicted molar refractivity (Wildman–Crippen MR) is 56.5 cm³/mol. The summed E-state index contributed by atoms with van der Waals surface area (Å²) in [6.07, 6.45) is 7.00. The molecule has 1 saturated carbocycles. The fourth-order valence-corrected chi connectivity index (χ4v) is 2.40. The van der Waals surface area contributed by atoms with E-state index in [2.05, 4.69) is 0 Å². The predicted octanol–water partition coefficient (Wildman–Crippen LogP) is 3.03. The second-order valence-corrected chi connectivity index (χ2v) is 8.50. The third-order valence-corrected chi connectivity index (χ3v) is 4.22. The largest absolute Gasteiger partial charge is 0.378 e. The molecule has 0 aromatic rings. The van der Waals surface area contributed by atoms with Gasteiger partial charge in [0, 0.05) is 6.61 Å². The van der Waals surface area contributed by atoms with Gasteiger partial charge in [0.15, 0.2) is 0 Å². The number of ether oxygens (including phenoxy) is 1. The molecule has 0 saturated heterocycles. The number of halogens is 2. The van der Waals surface area contributed by atoms with Crippen molar-refractivity contribution in [1.82, 2.24) is 0 Å². The highest BCUT2D eigenvalue weighted by Crippen LogP contribution is 2.20. The van der Waals surface area contributed by atoms with Crippen molar-refractivity contribution in [1.29, 1.82) is 0 Å². The molecule has 0 N–H and O–H groups in total. The lowest BCUT2D eigenvalue weighted by Crippen LogP contribution is -2.18. The van der Waals surface area contributed by atoms with Crippen LogP contribution in [0, 0.1) is 0 Å². The first kappa shape index (κ1) is 10.8. The quantitative estimate of drug-likeness (QED) is 0.530. The topological polar surface area (TPSA) is 9.23 Å². The minimum Gasteiger partial charge on any atom is -0.378 e. The van der Waals surface area contributed by atoms with Gasteiger partial charge in [0.1, 0.15) is 0 Å². The first-order valence-electron chi connectivity index (χ1n) is 4.69. The molecule has 0 aromatic heterocycles. The maximum atomic E-state index is 5.72. The lowest BCUT2D eigenvalue weighted by Gasteiger charge is -2.21. The van der Waals surface area contributed by atoms with Crippen LogP contribution in [0.15, 0.2) is 0 Å². The van der Waals surface area contributed by atoms with E-state index in [-0.39, 0.29) is 0 Å². The Kier molecular flexibility index (Phi) is 5.64. The minimum absolute atomic E-state index is 0.500. The average Bonchev–Trinajstić information content (AvgIpc) is 2.05. The Morgan fingerprint density at radius 3 is 2.42 bits per heavy atom. The Labute approximate surface area is 85.4 Å². The third-order valence-electron chi connectivity index (χ3n) is 2.24. The first-order chi connectivity index (χ1) is 5.79. The van der Waals surface area contributed by atoms with Crippen molar-refractivity contribution in [2.45, 2.75) is 44.3 Å². The smallest absolute Gasteiger partial charge is 0.239 e. The summed E-state index contributed by atoms with van der Waals surface area (Å²) < 4.78 is 5.66. The van der Waals surface area contributed by atoms with Gasteiger partial charge in [-0.1, -0.05) is 19.3 Å². The first-order valence-corrected chi connectivity index (χ1v) is 8.99. The molecule has 1 nitrogen and oxygen atoms in total.